The van der Waals surface area contributed by atoms with Gasteiger partial charge in [0.2, 0.25) is 0 Å². The fraction of sp³-hybridized carbons (Fsp3) is 0.571. The van der Waals surface area contributed by atoms with Crippen molar-refractivity contribution in [3.05, 3.63) is 23.8 Å². The molecule has 1 atom stereocenters. The molecule has 19 heavy (non-hydrogen) atoms. The van der Waals surface area contributed by atoms with Gasteiger partial charge in [0.15, 0.2) is 0 Å². The molecule has 0 saturated carbocycles. The fourth-order valence-corrected chi connectivity index (χ4v) is 1.63. The Bertz CT molecular complexity index is 370. The van der Waals surface area contributed by atoms with E-state index in [0.717, 1.165) is 30.2 Å². The van der Waals surface area contributed by atoms with E-state index in [9.17, 15) is 5.11 Å². The van der Waals surface area contributed by atoms with E-state index in [0.29, 0.717) is 0 Å². The van der Waals surface area contributed by atoms with Crippen LogP contribution in [0.2, 0.25) is 0 Å². The lowest BCUT2D eigenvalue weighted by Gasteiger charge is -2.15. The predicted octanol–water partition coefficient (Wildman–Crippen LogP) is 1.19. The van der Waals surface area contributed by atoms with Gasteiger partial charge in [-0.2, -0.15) is 0 Å². The van der Waals surface area contributed by atoms with Gasteiger partial charge in [-0.15, -0.1) is 0 Å². The highest BCUT2D eigenvalue weighted by Crippen LogP contribution is 2.25. The number of aliphatic hydroxyl groups excluding tert-OH is 1. The molecule has 0 spiro atoms. The Labute approximate surface area is 114 Å². The van der Waals surface area contributed by atoms with E-state index in [1.54, 1.807) is 14.2 Å². The van der Waals surface area contributed by atoms with Gasteiger partial charge in [0.25, 0.3) is 0 Å². The summed E-state index contributed by atoms with van der Waals surface area (Å²) in [7, 11) is 3.16. The topological polar surface area (TPSA) is 60.0 Å². The van der Waals surface area contributed by atoms with Crippen LogP contribution in [0.25, 0.3) is 0 Å². The molecule has 1 rings (SSSR count). The Morgan fingerprint density at radius 2 is 2.05 bits per heavy atom. The largest absolute Gasteiger partial charge is 0.497 e. The van der Waals surface area contributed by atoms with E-state index < -0.39 is 6.10 Å². The van der Waals surface area contributed by atoms with E-state index >= 15 is 0 Å². The first-order valence-electron chi connectivity index (χ1n) is 6.38. The zero-order valence-corrected chi connectivity index (χ0v) is 11.8. The molecule has 0 saturated heterocycles. The lowest BCUT2D eigenvalue weighted by molar-refractivity contribution is 0.0322. The summed E-state index contributed by atoms with van der Waals surface area (Å²) < 4.78 is 15.7. The van der Waals surface area contributed by atoms with E-state index in [1.807, 2.05) is 25.1 Å². The maximum Gasteiger partial charge on any atom is 0.127 e. The SMILES string of the molecule is CCNCc1ccc(OC)cc1OCC(O)COC. The lowest BCUT2D eigenvalue weighted by Crippen LogP contribution is -2.23. The van der Waals surface area contributed by atoms with Crippen molar-refractivity contribution in [3.63, 3.8) is 0 Å². The number of nitrogens with one attached hydrogen (secondary N) is 1. The quantitative estimate of drug-likeness (QED) is 0.705. The standard InChI is InChI=1S/C14H23NO4/c1-4-15-8-11-5-6-13(18-3)7-14(11)19-10-12(16)9-17-2/h5-7,12,15-16H,4,8-10H2,1-3H3. The third-order valence-electron chi connectivity index (χ3n) is 2.63. The highest BCUT2D eigenvalue weighted by Gasteiger charge is 2.09. The van der Waals surface area contributed by atoms with Crippen LogP contribution in [0.5, 0.6) is 11.5 Å². The van der Waals surface area contributed by atoms with E-state index in [-0.39, 0.29) is 13.2 Å². The number of methoxy groups -OCH3 is 2. The van der Waals surface area contributed by atoms with Crippen LogP contribution in [0.4, 0.5) is 0 Å². The van der Waals surface area contributed by atoms with Crippen LogP contribution in [0.3, 0.4) is 0 Å². The molecule has 0 radical (unpaired) electrons. The van der Waals surface area contributed by atoms with Crippen LogP contribution < -0.4 is 14.8 Å². The minimum atomic E-state index is -0.636. The minimum Gasteiger partial charge on any atom is -0.497 e. The van der Waals surface area contributed by atoms with Gasteiger partial charge in [0.1, 0.15) is 24.2 Å². The number of rotatable bonds is 9. The van der Waals surface area contributed by atoms with Crippen molar-refractivity contribution in [3.8, 4) is 11.5 Å². The number of benzene rings is 1. The van der Waals surface area contributed by atoms with Gasteiger partial charge in [-0.1, -0.05) is 13.0 Å². The third kappa shape index (κ3) is 5.46. The van der Waals surface area contributed by atoms with Gasteiger partial charge in [-0.25, -0.2) is 0 Å². The molecule has 0 amide bonds. The maximum atomic E-state index is 9.61. The average Bonchev–Trinajstić information content (AvgIpc) is 2.43. The van der Waals surface area contributed by atoms with Crippen molar-refractivity contribution in [1.82, 2.24) is 5.32 Å². The van der Waals surface area contributed by atoms with Crippen molar-refractivity contribution in [1.29, 1.82) is 0 Å². The second kappa shape index (κ2) is 8.74. The molecule has 1 aromatic rings. The molecule has 0 fully saturated rings. The molecule has 0 aliphatic carbocycles. The Morgan fingerprint density at radius 3 is 2.68 bits per heavy atom. The number of hydrogen-bond acceptors (Lipinski definition) is 5. The van der Waals surface area contributed by atoms with Gasteiger partial charge in [-0.3, -0.25) is 0 Å². The van der Waals surface area contributed by atoms with E-state index in [2.05, 4.69) is 5.32 Å². The number of hydrogen-bond donors (Lipinski definition) is 2. The normalized spacial score (nSPS) is 12.2. The zero-order chi connectivity index (χ0) is 14.1. The smallest absolute Gasteiger partial charge is 0.127 e. The van der Waals surface area contributed by atoms with Crippen LogP contribution in [0.1, 0.15) is 12.5 Å². The maximum absolute atomic E-state index is 9.61. The summed E-state index contributed by atoms with van der Waals surface area (Å²) in [5, 5.41) is 12.9. The summed E-state index contributed by atoms with van der Waals surface area (Å²) >= 11 is 0. The number of ether oxygens (including phenoxy) is 3. The molecule has 0 aliphatic rings. The molecule has 5 heteroatoms. The molecular weight excluding hydrogens is 246 g/mol. The first-order chi connectivity index (χ1) is 9.21. The van der Waals surface area contributed by atoms with Crippen LogP contribution in [0.15, 0.2) is 18.2 Å². The summed E-state index contributed by atoms with van der Waals surface area (Å²) in [6.07, 6.45) is -0.636. The summed E-state index contributed by atoms with van der Waals surface area (Å²) in [6.45, 7) is 4.10. The summed E-state index contributed by atoms with van der Waals surface area (Å²) in [5.74, 6) is 1.45. The van der Waals surface area contributed by atoms with Gasteiger partial charge < -0.3 is 24.6 Å². The summed E-state index contributed by atoms with van der Waals surface area (Å²) in [6, 6.07) is 5.68. The Kier molecular flexibility index (Phi) is 7.25. The van der Waals surface area contributed by atoms with Gasteiger partial charge in [0.05, 0.1) is 13.7 Å². The summed E-state index contributed by atoms with van der Waals surface area (Å²) in [5.41, 5.74) is 1.03. The zero-order valence-electron chi connectivity index (χ0n) is 11.8. The average molecular weight is 269 g/mol. The van der Waals surface area contributed by atoms with Crippen molar-refractivity contribution < 1.29 is 19.3 Å². The van der Waals surface area contributed by atoms with Crippen molar-refractivity contribution in [2.24, 2.45) is 0 Å². The molecule has 0 aromatic heterocycles. The first-order valence-corrected chi connectivity index (χ1v) is 6.38. The Balaban J connectivity index is 2.70. The van der Waals surface area contributed by atoms with Gasteiger partial charge in [-0.05, 0) is 12.6 Å². The highest BCUT2D eigenvalue weighted by molar-refractivity contribution is 5.40. The molecule has 0 aliphatic heterocycles. The highest BCUT2D eigenvalue weighted by atomic mass is 16.5. The van der Waals surface area contributed by atoms with Crippen molar-refractivity contribution in [2.75, 3.05) is 34.0 Å². The Hall–Kier alpha value is -1.30. The predicted molar refractivity (Wildman–Crippen MR) is 73.8 cm³/mol. The second-order valence-corrected chi connectivity index (χ2v) is 4.17. The molecule has 0 bridgehead atoms. The van der Waals surface area contributed by atoms with E-state index in [1.165, 1.54) is 0 Å². The van der Waals surface area contributed by atoms with Crippen LogP contribution >= 0.6 is 0 Å². The second-order valence-electron chi connectivity index (χ2n) is 4.17. The molecule has 1 aromatic carbocycles. The van der Waals surface area contributed by atoms with Gasteiger partial charge >= 0.3 is 0 Å². The van der Waals surface area contributed by atoms with Crippen molar-refractivity contribution >= 4 is 0 Å². The third-order valence-corrected chi connectivity index (χ3v) is 2.63. The van der Waals surface area contributed by atoms with Gasteiger partial charge in [0, 0.05) is 25.3 Å². The van der Waals surface area contributed by atoms with Crippen LogP contribution in [-0.2, 0) is 11.3 Å². The molecule has 108 valence electrons. The molecule has 1 unspecified atom stereocenters. The molecular formula is C14H23NO4. The molecule has 5 nitrogen and oxygen atoms in total. The van der Waals surface area contributed by atoms with E-state index in [4.69, 9.17) is 14.2 Å². The lowest BCUT2D eigenvalue weighted by atomic mass is 10.2. The number of aliphatic hydroxyl groups is 1. The van der Waals surface area contributed by atoms with Crippen LogP contribution in [0, 0.1) is 0 Å². The van der Waals surface area contributed by atoms with Crippen LogP contribution in [-0.4, -0.2) is 45.2 Å². The summed E-state index contributed by atoms with van der Waals surface area (Å²) in [4.78, 5) is 0. The first kappa shape index (κ1) is 15.8. The molecule has 2 N–H and O–H groups in total. The van der Waals surface area contributed by atoms with Crippen molar-refractivity contribution in [2.45, 2.75) is 19.6 Å². The fourth-order valence-electron chi connectivity index (χ4n) is 1.63. The monoisotopic (exact) mass is 269 g/mol. The molecule has 0 heterocycles. The minimum absolute atomic E-state index is 0.195. The Morgan fingerprint density at radius 1 is 1.26 bits per heavy atom.